The van der Waals surface area contributed by atoms with Crippen LogP contribution in [0.25, 0.3) is 10.8 Å². The molecule has 2 aromatic rings. The van der Waals surface area contributed by atoms with Crippen LogP contribution in [-0.4, -0.2) is 55.3 Å². The van der Waals surface area contributed by atoms with Crippen molar-refractivity contribution < 1.29 is 22.8 Å². The summed E-state index contributed by atoms with van der Waals surface area (Å²) in [6, 6.07) is 12.1. The highest BCUT2D eigenvalue weighted by molar-refractivity contribution is 7.91. The number of fused-ring (bicyclic) bond motifs is 1. The van der Waals surface area contributed by atoms with E-state index in [-0.39, 0.29) is 11.5 Å². The Kier molecular flexibility index (Phi) is 4.57. The highest BCUT2D eigenvalue weighted by Gasteiger charge is 2.49. The van der Waals surface area contributed by atoms with Gasteiger partial charge in [-0.05, 0) is 35.7 Å². The average molecular weight is 415 g/mol. The molecule has 4 rings (SSSR count). The van der Waals surface area contributed by atoms with Crippen molar-refractivity contribution >= 4 is 38.5 Å². The second-order valence-electron chi connectivity index (χ2n) is 7.68. The van der Waals surface area contributed by atoms with Crippen molar-refractivity contribution in [2.45, 2.75) is 24.9 Å². The normalized spacial score (nSPS) is 26.0. The van der Waals surface area contributed by atoms with Gasteiger partial charge >= 0.3 is 6.03 Å². The van der Waals surface area contributed by atoms with Crippen LogP contribution in [0.1, 0.15) is 18.9 Å². The highest BCUT2D eigenvalue weighted by Crippen LogP contribution is 2.31. The summed E-state index contributed by atoms with van der Waals surface area (Å²) in [6.45, 7) is 1.16. The highest BCUT2D eigenvalue weighted by atomic mass is 32.2. The maximum Gasteiger partial charge on any atom is 0.325 e. The molecule has 29 heavy (non-hydrogen) atoms. The van der Waals surface area contributed by atoms with E-state index in [1.807, 2.05) is 36.4 Å². The van der Waals surface area contributed by atoms with Crippen molar-refractivity contribution in [3.63, 3.8) is 0 Å². The van der Waals surface area contributed by atoms with Crippen LogP contribution in [-0.2, 0) is 25.0 Å². The monoisotopic (exact) mass is 415 g/mol. The van der Waals surface area contributed by atoms with Crippen molar-refractivity contribution in [3.05, 3.63) is 48.0 Å². The first-order chi connectivity index (χ1) is 13.7. The van der Waals surface area contributed by atoms with Gasteiger partial charge in [-0.25, -0.2) is 13.2 Å². The number of imide groups is 1. The largest absolute Gasteiger partial charge is 0.351 e. The molecule has 2 N–H and O–H groups in total. The van der Waals surface area contributed by atoms with E-state index < -0.39 is 45.8 Å². The van der Waals surface area contributed by atoms with E-state index in [1.165, 1.54) is 0 Å². The standard InChI is InChI=1S/C20H21N3O5S/c1-20(15-7-6-13-4-2-3-5-14(13)10-15)18(25)23(19(26)22-20)11-17(24)21-16-8-9-29(27,28)12-16/h2-7,10,16H,8-9,11-12H2,1H3,(H,21,24)(H,22,26)/t16-,20-/m0/s1. The predicted molar refractivity (Wildman–Crippen MR) is 107 cm³/mol. The Bertz CT molecular complexity index is 1130. The molecule has 2 aromatic carbocycles. The van der Waals surface area contributed by atoms with Gasteiger partial charge in [-0.3, -0.25) is 14.5 Å². The minimum atomic E-state index is -3.14. The van der Waals surface area contributed by atoms with Crippen molar-refractivity contribution in [1.82, 2.24) is 15.5 Å². The maximum atomic E-state index is 13.0. The third-order valence-corrected chi connectivity index (χ3v) is 7.27. The Balaban J connectivity index is 1.51. The molecule has 152 valence electrons. The van der Waals surface area contributed by atoms with Gasteiger partial charge in [0.1, 0.15) is 12.1 Å². The second-order valence-corrected chi connectivity index (χ2v) is 9.90. The van der Waals surface area contributed by atoms with Crippen molar-refractivity contribution in [2.75, 3.05) is 18.1 Å². The Morgan fingerprint density at radius 2 is 1.93 bits per heavy atom. The van der Waals surface area contributed by atoms with Crippen LogP contribution in [0.5, 0.6) is 0 Å². The van der Waals surface area contributed by atoms with E-state index in [2.05, 4.69) is 10.6 Å². The first-order valence-electron chi connectivity index (χ1n) is 9.31. The third-order valence-electron chi connectivity index (χ3n) is 5.50. The number of sulfone groups is 1. The predicted octanol–water partition coefficient (Wildman–Crippen LogP) is 0.910. The zero-order valence-corrected chi connectivity index (χ0v) is 16.7. The zero-order valence-electron chi connectivity index (χ0n) is 15.8. The van der Waals surface area contributed by atoms with Gasteiger partial charge in [0.25, 0.3) is 5.91 Å². The molecule has 0 spiro atoms. The van der Waals surface area contributed by atoms with Crippen LogP contribution in [0.4, 0.5) is 4.79 Å². The van der Waals surface area contributed by atoms with E-state index in [1.54, 1.807) is 13.0 Å². The molecule has 0 unspecified atom stereocenters. The SMILES string of the molecule is C[C@@]1(c2ccc3ccccc3c2)NC(=O)N(CC(=O)N[C@H]2CCS(=O)(=O)C2)C1=O. The number of benzene rings is 2. The zero-order chi connectivity index (χ0) is 20.8. The quantitative estimate of drug-likeness (QED) is 0.721. The summed E-state index contributed by atoms with van der Waals surface area (Å²) in [6.07, 6.45) is 0.336. The number of carbonyl (C=O) groups is 3. The molecule has 0 aromatic heterocycles. The number of amides is 4. The Morgan fingerprint density at radius 3 is 2.62 bits per heavy atom. The molecular weight excluding hydrogens is 394 g/mol. The summed E-state index contributed by atoms with van der Waals surface area (Å²) >= 11 is 0. The first-order valence-corrected chi connectivity index (χ1v) is 11.1. The molecule has 4 amide bonds. The number of hydrogen-bond acceptors (Lipinski definition) is 5. The second kappa shape index (κ2) is 6.84. The van der Waals surface area contributed by atoms with Gasteiger partial charge in [0, 0.05) is 6.04 Å². The fourth-order valence-corrected chi connectivity index (χ4v) is 5.54. The molecule has 2 atom stereocenters. The molecule has 0 radical (unpaired) electrons. The summed E-state index contributed by atoms with van der Waals surface area (Å²) in [5.74, 6) is -1.17. The van der Waals surface area contributed by atoms with Gasteiger partial charge in [-0.2, -0.15) is 0 Å². The van der Waals surface area contributed by atoms with E-state index >= 15 is 0 Å². The number of urea groups is 1. The molecule has 0 bridgehead atoms. The lowest BCUT2D eigenvalue weighted by Gasteiger charge is -2.23. The average Bonchev–Trinajstić information content (AvgIpc) is 3.12. The molecule has 9 heteroatoms. The molecule has 0 saturated carbocycles. The molecule has 2 aliphatic rings. The van der Waals surface area contributed by atoms with Crippen molar-refractivity contribution in [1.29, 1.82) is 0 Å². The molecular formula is C20H21N3O5S. The third kappa shape index (κ3) is 3.57. The Labute approximate surface area is 168 Å². The molecule has 8 nitrogen and oxygen atoms in total. The minimum Gasteiger partial charge on any atom is -0.351 e. The summed E-state index contributed by atoms with van der Waals surface area (Å²) < 4.78 is 23.1. The van der Waals surface area contributed by atoms with Crippen molar-refractivity contribution in [2.24, 2.45) is 0 Å². The van der Waals surface area contributed by atoms with Crippen LogP contribution in [0.2, 0.25) is 0 Å². The molecule has 2 aliphatic heterocycles. The molecule has 2 fully saturated rings. The number of hydrogen-bond donors (Lipinski definition) is 2. The molecule has 0 aliphatic carbocycles. The number of nitrogens with zero attached hydrogens (tertiary/aromatic N) is 1. The summed E-state index contributed by atoms with van der Waals surface area (Å²) in [5.41, 5.74) is -0.655. The van der Waals surface area contributed by atoms with Crippen LogP contribution >= 0.6 is 0 Å². The molecule has 2 heterocycles. The maximum absolute atomic E-state index is 13.0. The van der Waals surface area contributed by atoms with E-state index in [0.717, 1.165) is 15.7 Å². The fraction of sp³-hybridized carbons (Fsp3) is 0.350. The van der Waals surface area contributed by atoms with Crippen LogP contribution in [0.3, 0.4) is 0 Å². The summed E-state index contributed by atoms with van der Waals surface area (Å²) in [7, 11) is -3.14. The van der Waals surface area contributed by atoms with Crippen LogP contribution in [0.15, 0.2) is 42.5 Å². The fourth-order valence-electron chi connectivity index (χ4n) is 3.86. The van der Waals surface area contributed by atoms with Gasteiger partial charge in [0.15, 0.2) is 9.84 Å². The van der Waals surface area contributed by atoms with Gasteiger partial charge in [-0.15, -0.1) is 0 Å². The van der Waals surface area contributed by atoms with E-state index in [4.69, 9.17) is 0 Å². The van der Waals surface area contributed by atoms with Crippen molar-refractivity contribution in [3.8, 4) is 0 Å². The lowest BCUT2D eigenvalue weighted by molar-refractivity contribution is -0.135. The van der Waals surface area contributed by atoms with Gasteiger partial charge in [0.2, 0.25) is 5.91 Å². The van der Waals surface area contributed by atoms with E-state index in [0.29, 0.717) is 12.0 Å². The van der Waals surface area contributed by atoms with Gasteiger partial charge < -0.3 is 10.6 Å². The first kappa shape index (κ1) is 19.4. The number of rotatable bonds is 4. The lowest BCUT2D eigenvalue weighted by atomic mass is 9.90. The number of nitrogens with one attached hydrogen (secondary N) is 2. The van der Waals surface area contributed by atoms with E-state index in [9.17, 15) is 22.8 Å². The lowest BCUT2D eigenvalue weighted by Crippen LogP contribution is -2.45. The molecule has 2 saturated heterocycles. The smallest absolute Gasteiger partial charge is 0.325 e. The Hall–Kier alpha value is -2.94. The van der Waals surface area contributed by atoms with Crippen LogP contribution < -0.4 is 10.6 Å². The van der Waals surface area contributed by atoms with Crippen LogP contribution in [0, 0.1) is 0 Å². The number of carbonyl (C=O) groups excluding carboxylic acids is 3. The summed E-state index contributed by atoms with van der Waals surface area (Å²) in [4.78, 5) is 38.6. The topological polar surface area (TPSA) is 113 Å². The minimum absolute atomic E-state index is 0.0289. The van der Waals surface area contributed by atoms with Gasteiger partial charge in [0.05, 0.1) is 11.5 Å². The Morgan fingerprint density at radius 1 is 1.21 bits per heavy atom. The van der Waals surface area contributed by atoms with Gasteiger partial charge in [-0.1, -0.05) is 36.4 Å². The summed E-state index contributed by atoms with van der Waals surface area (Å²) in [5, 5.41) is 7.24.